The largest absolute Gasteiger partial charge is 0.480 e. The molecular formula is C15H23NO3. The summed E-state index contributed by atoms with van der Waals surface area (Å²) in [5.41, 5.74) is 0.157. The lowest BCUT2D eigenvalue weighted by Crippen LogP contribution is -2.55. The molecule has 1 saturated carbocycles. The molecule has 0 aromatic heterocycles. The van der Waals surface area contributed by atoms with Crippen molar-refractivity contribution in [2.45, 2.75) is 69.7 Å². The van der Waals surface area contributed by atoms with E-state index in [0.29, 0.717) is 19.3 Å². The Morgan fingerprint density at radius 2 is 1.89 bits per heavy atom. The van der Waals surface area contributed by atoms with E-state index < -0.39 is 11.5 Å². The summed E-state index contributed by atoms with van der Waals surface area (Å²) in [5.74, 6) is -1.00. The van der Waals surface area contributed by atoms with E-state index in [1.807, 2.05) is 0 Å². The number of carbonyl (C=O) groups is 2. The number of carboxylic acid groups (broad SMARTS) is 1. The molecule has 4 heteroatoms. The Hall–Kier alpha value is -1.32. The Labute approximate surface area is 114 Å². The van der Waals surface area contributed by atoms with Crippen LogP contribution in [-0.4, -0.2) is 22.5 Å². The van der Waals surface area contributed by atoms with E-state index in [1.54, 1.807) is 0 Å². The van der Waals surface area contributed by atoms with Gasteiger partial charge >= 0.3 is 5.97 Å². The molecule has 1 amide bonds. The molecule has 106 valence electrons. The van der Waals surface area contributed by atoms with E-state index in [9.17, 15) is 14.7 Å². The summed E-state index contributed by atoms with van der Waals surface area (Å²) < 4.78 is 0. The number of allylic oxidation sites excluding steroid dienone is 1. The van der Waals surface area contributed by atoms with E-state index in [2.05, 4.69) is 11.4 Å². The van der Waals surface area contributed by atoms with Gasteiger partial charge in [-0.15, -0.1) is 0 Å². The van der Waals surface area contributed by atoms with Gasteiger partial charge in [-0.25, -0.2) is 4.79 Å². The fourth-order valence-electron chi connectivity index (χ4n) is 3.13. The van der Waals surface area contributed by atoms with Crippen LogP contribution in [-0.2, 0) is 9.59 Å². The van der Waals surface area contributed by atoms with Gasteiger partial charge in [0.1, 0.15) is 5.54 Å². The zero-order valence-corrected chi connectivity index (χ0v) is 11.4. The predicted octanol–water partition coefficient (Wildman–Crippen LogP) is 2.78. The molecule has 0 radical (unpaired) electrons. The van der Waals surface area contributed by atoms with Crippen LogP contribution in [0.3, 0.4) is 0 Å². The van der Waals surface area contributed by atoms with Gasteiger partial charge in [-0.3, -0.25) is 4.79 Å². The molecular weight excluding hydrogens is 242 g/mol. The number of carbonyl (C=O) groups excluding carboxylic acids is 1. The van der Waals surface area contributed by atoms with Crippen LogP contribution in [0.25, 0.3) is 0 Å². The van der Waals surface area contributed by atoms with Gasteiger partial charge in [0.2, 0.25) is 5.91 Å². The first-order chi connectivity index (χ1) is 9.12. The molecule has 0 atom stereocenters. The molecule has 19 heavy (non-hydrogen) atoms. The minimum Gasteiger partial charge on any atom is -0.480 e. The monoisotopic (exact) mass is 265 g/mol. The third-order valence-corrected chi connectivity index (χ3v) is 4.27. The lowest BCUT2D eigenvalue weighted by Gasteiger charge is -2.34. The van der Waals surface area contributed by atoms with Crippen LogP contribution >= 0.6 is 0 Å². The van der Waals surface area contributed by atoms with E-state index in [0.717, 1.165) is 38.5 Å². The zero-order valence-electron chi connectivity index (χ0n) is 11.4. The highest BCUT2D eigenvalue weighted by Gasteiger charge is 2.40. The number of nitrogens with one attached hydrogen (secondary N) is 1. The number of hydrogen-bond donors (Lipinski definition) is 2. The number of hydrogen-bond acceptors (Lipinski definition) is 2. The van der Waals surface area contributed by atoms with Crippen molar-refractivity contribution in [1.29, 1.82) is 0 Å². The summed E-state index contributed by atoms with van der Waals surface area (Å²) in [4.78, 5) is 23.5. The summed E-state index contributed by atoms with van der Waals surface area (Å²) in [6.45, 7) is 0. The molecule has 0 heterocycles. The maximum atomic E-state index is 12.1. The van der Waals surface area contributed by atoms with Crippen LogP contribution < -0.4 is 5.32 Å². The molecule has 0 aromatic rings. The Kier molecular flexibility index (Phi) is 4.61. The van der Waals surface area contributed by atoms with Gasteiger partial charge in [0.05, 0.1) is 0 Å². The Morgan fingerprint density at radius 1 is 1.16 bits per heavy atom. The van der Waals surface area contributed by atoms with Gasteiger partial charge in [-0.05, 0) is 38.5 Å². The average molecular weight is 265 g/mol. The van der Waals surface area contributed by atoms with Gasteiger partial charge < -0.3 is 10.4 Å². The second kappa shape index (κ2) is 6.22. The lowest BCUT2D eigenvalue weighted by atomic mass is 9.81. The quantitative estimate of drug-likeness (QED) is 0.768. The summed E-state index contributed by atoms with van der Waals surface area (Å²) >= 11 is 0. The van der Waals surface area contributed by atoms with Crippen LogP contribution in [0.15, 0.2) is 11.6 Å². The van der Waals surface area contributed by atoms with Crippen LogP contribution in [0.5, 0.6) is 0 Å². The molecule has 0 saturated heterocycles. The van der Waals surface area contributed by atoms with Crippen molar-refractivity contribution in [3.05, 3.63) is 11.6 Å². The number of aliphatic carboxylic acids is 1. The molecule has 0 aromatic carbocycles. The Bertz CT molecular complexity index is 381. The first-order valence-electron chi connectivity index (χ1n) is 7.35. The molecule has 1 fully saturated rings. The van der Waals surface area contributed by atoms with E-state index in [-0.39, 0.29) is 5.91 Å². The maximum Gasteiger partial charge on any atom is 0.329 e. The minimum absolute atomic E-state index is 0.127. The van der Waals surface area contributed by atoms with Crippen molar-refractivity contribution in [3.8, 4) is 0 Å². The first kappa shape index (κ1) is 14.1. The lowest BCUT2D eigenvalue weighted by molar-refractivity contribution is -0.149. The predicted molar refractivity (Wildman–Crippen MR) is 72.8 cm³/mol. The van der Waals surface area contributed by atoms with Crippen molar-refractivity contribution in [1.82, 2.24) is 5.32 Å². The van der Waals surface area contributed by atoms with Crippen LogP contribution in [0.1, 0.15) is 64.2 Å². The number of amides is 1. The maximum absolute atomic E-state index is 12.1. The van der Waals surface area contributed by atoms with Gasteiger partial charge in [0.15, 0.2) is 0 Å². The fraction of sp³-hybridized carbons (Fsp3) is 0.733. The SMILES string of the molecule is O=C(CC1=CCCCC1)NC1(C(=O)O)CCCCC1. The number of rotatable bonds is 4. The normalized spacial score (nSPS) is 22.4. The van der Waals surface area contributed by atoms with Crippen molar-refractivity contribution in [3.63, 3.8) is 0 Å². The standard InChI is InChI=1S/C15H23NO3/c17-13(11-12-7-3-1-4-8-12)16-15(14(18)19)9-5-2-6-10-15/h7H,1-6,8-11H2,(H,16,17)(H,18,19). The Balaban J connectivity index is 1.95. The van der Waals surface area contributed by atoms with E-state index >= 15 is 0 Å². The second-order valence-corrected chi connectivity index (χ2v) is 5.78. The minimum atomic E-state index is -1.01. The summed E-state index contributed by atoms with van der Waals surface area (Å²) in [6, 6.07) is 0. The van der Waals surface area contributed by atoms with Crippen LogP contribution in [0.4, 0.5) is 0 Å². The van der Waals surface area contributed by atoms with Gasteiger partial charge in [0, 0.05) is 6.42 Å². The fourth-order valence-corrected chi connectivity index (χ4v) is 3.13. The van der Waals surface area contributed by atoms with Crippen molar-refractivity contribution in [2.75, 3.05) is 0 Å². The molecule has 2 aliphatic rings. The Morgan fingerprint density at radius 3 is 2.47 bits per heavy atom. The highest BCUT2D eigenvalue weighted by atomic mass is 16.4. The van der Waals surface area contributed by atoms with Crippen molar-refractivity contribution < 1.29 is 14.7 Å². The molecule has 4 nitrogen and oxygen atoms in total. The highest BCUT2D eigenvalue weighted by molar-refractivity contribution is 5.88. The molecule has 0 bridgehead atoms. The summed E-state index contributed by atoms with van der Waals surface area (Å²) in [5, 5.41) is 12.2. The highest BCUT2D eigenvalue weighted by Crippen LogP contribution is 2.29. The summed E-state index contributed by atoms with van der Waals surface area (Å²) in [7, 11) is 0. The second-order valence-electron chi connectivity index (χ2n) is 5.78. The van der Waals surface area contributed by atoms with Gasteiger partial charge in [-0.1, -0.05) is 30.9 Å². The molecule has 2 rings (SSSR count). The average Bonchev–Trinajstić information content (AvgIpc) is 2.40. The van der Waals surface area contributed by atoms with Crippen molar-refractivity contribution in [2.24, 2.45) is 0 Å². The molecule has 0 unspecified atom stereocenters. The summed E-state index contributed by atoms with van der Waals surface area (Å²) in [6.07, 6.45) is 10.8. The molecule has 2 N–H and O–H groups in total. The topological polar surface area (TPSA) is 66.4 Å². The molecule has 0 aliphatic heterocycles. The third kappa shape index (κ3) is 3.58. The van der Waals surface area contributed by atoms with E-state index in [1.165, 1.54) is 12.0 Å². The molecule has 2 aliphatic carbocycles. The van der Waals surface area contributed by atoms with Gasteiger partial charge in [0.25, 0.3) is 0 Å². The zero-order chi connectivity index (χ0) is 13.7. The van der Waals surface area contributed by atoms with Crippen LogP contribution in [0.2, 0.25) is 0 Å². The third-order valence-electron chi connectivity index (χ3n) is 4.27. The van der Waals surface area contributed by atoms with Gasteiger partial charge in [-0.2, -0.15) is 0 Å². The van der Waals surface area contributed by atoms with Crippen LogP contribution in [0, 0.1) is 0 Å². The molecule has 0 spiro atoms. The first-order valence-corrected chi connectivity index (χ1v) is 7.35. The number of carboxylic acids is 1. The van der Waals surface area contributed by atoms with E-state index in [4.69, 9.17) is 0 Å². The van der Waals surface area contributed by atoms with Crippen molar-refractivity contribution >= 4 is 11.9 Å². The smallest absolute Gasteiger partial charge is 0.329 e.